The van der Waals surface area contributed by atoms with Crippen LogP contribution in [0.25, 0.3) is 0 Å². The highest BCUT2D eigenvalue weighted by Crippen LogP contribution is 2.23. The van der Waals surface area contributed by atoms with E-state index in [0.29, 0.717) is 26.0 Å². The van der Waals surface area contributed by atoms with Crippen molar-refractivity contribution in [3.05, 3.63) is 136 Å². The minimum Gasteiger partial charge on any atom is -0.489 e. The van der Waals surface area contributed by atoms with Crippen molar-refractivity contribution < 1.29 is 19.0 Å². The number of hydrazone groups is 1. The van der Waals surface area contributed by atoms with Crippen molar-refractivity contribution in [1.29, 1.82) is 0 Å². The van der Waals surface area contributed by atoms with E-state index in [2.05, 4.69) is 93.3 Å². The van der Waals surface area contributed by atoms with Crippen molar-refractivity contribution in [3.63, 3.8) is 0 Å². The number of hydrogen-bond acceptors (Lipinski definition) is 5. The lowest BCUT2D eigenvalue weighted by Crippen LogP contribution is -2.17. The lowest BCUT2D eigenvalue weighted by atomic mass is 10.0. The number of hydrogen-bond donors (Lipinski definition) is 1. The SMILES string of the molecule is C=NN(Cc1ccc(COc2ccc(C)c(C)c2)cc1)/C(=C\Cc1ccc(F)cc1)CC/C(=C/C)C/C=C\C.CCC=O.CO. The van der Waals surface area contributed by atoms with Gasteiger partial charge in [0.05, 0.1) is 6.54 Å². The third kappa shape index (κ3) is 15.3. The number of nitrogens with zero attached hydrogens (tertiary/aromatic N) is 2. The molecule has 0 heterocycles. The monoisotopic (exact) mass is 614 g/mol. The summed E-state index contributed by atoms with van der Waals surface area (Å²) in [5.74, 6) is 0.664. The number of rotatable bonds is 15. The van der Waals surface area contributed by atoms with E-state index in [1.165, 1.54) is 28.8 Å². The molecule has 5 nitrogen and oxygen atoms in total. The van der Waals surface area contributed by atoms with Gasteiger partial charge in [0.15, 0.2) is 0 Å². The van der Waals surface area contributed by atoms with Crippen molar-refractivity contribution in [2.45, 2.75) is 79.9 Å². The van der Waals surface area contributed by atoms with Gasteiger partial charge in [-0.3, -0.25) is 5.01 Å². The van der Waals surface area contributed by atoms with Crippen LogP contribution in [-0.2, 0) is 24.4 Å². The summed E-state index contributed by atoms with van der Waals surface area (Å²) >= 11 is 0. The molecule has 0 bridgehead atoms. The van der Waals surface area contributed by atoms with Gasteiger partial charge in [0.25, 0.3) is 0 Å². The molecule has 0 aliphatic heterocycles. The van der Waals surface area contributed by atoms with Crippen LogP contribution in [0.2, 0.25) is 0 Å². The van der Waals surface area contributed by atoms with E-state index in [4.69, 9.17) is 9.84 Å². The summed E-state index contributed by atoms with van der Waals surface area (Å²) in [4.78, 5) is 9.17. The smallest absolute Gasteiger partial charge is 0.123 e. The third-order valence-electron chi connectivity index (χ3n) is 7.12. The Morgan fingerprint density at radius 2 is 1.56 bits per heavy atom. The van der Waals surface area contributed by atoms with Crippen molar-refractivity contribution in [3.8, 4) is 5.75 Å². The number of aldehydes is 1. The van der Waals surface area contributed by atoms with Crippen LogP contribution in [-0.4, -0.2) is 30.2 Å². The van der Waals surface area contributed by atoms with Crippen molar-refractivity contribution in [2.24, 2.45) is 5.10 Å². The number of allylic oxidation sites excluding steroid dienone is 6. The highest BCUT2D eigenvalue weighted by atomic mass is 19.1. The quantitative estimate of drug-likeness (QED) is 0.0802. The van der Waals surface area contributed by atoms with E-state index in [0.717, 1.165) is 60.8 Å². The molecular weight excluding hydrogens is 563 g/mol. The summed E-state index contributed by atoms with van der Waals surface area (Å²) < 4.78 is 19.4. The average molecular weight is 615 g/mol. The second kappa shape index (κ2) is 23.1. The van der Waals surface area contributed by atoms with Gasteiger partial charge in [0.2, 0.25) is 0 Å². The van der Waals surface area contributed by atoms with Crippen LogP contribution in [0.5, 0.6) is 5.75 Å². The molecule has 0 unspecified atom stereocenters. The maximum absolute atomic E-state index is 13.4. The molecule has 0 saturated heterocycles. The maximum Gasteiger partial charge on any atom is 0.123 e. The Morgan fingerprint density at radius 3 is 2.11 bits per heavy atom. The number of carbonyl (C=O) groups excluding carboxylic acids is 1. The first-order valence-corrected chi connectivity index (χ1v) is 15.4. The number of benzene rings is 3. The molecule has 0 spiro atoms. The van der Waals surface area contributed by atoms with Crippen LogP contribution in [0.4, 0.5) is 4.39 Å². The van der Waals surface area contributed by atoms with Crippen LogP contribution in [0.1, 0.15) is 74.3 Å². The molecule has 0 fully saturated rings. The molecule has 0 saturated carbocycles. The molecule has 242 valence electrons. The molecule has 0 radical (unpaired) electrons. The van der Waals surface area contributed by atoms with Gasteiger partial charge in [-0.2, -0.15) is 5.10 Å². The second-order valence-electron chi connectivity index (χ2n) is 10.4. The van der Waals surface area contributed by atoms with Crippen LogP contribution in [0.3, 0.4) is 0 Å². The Balaban J connectivity index is 0.00000156. The van der Waals surface area contributed by atoms with E-state index >= 15 is 0 Å². The predicted octanol–water partition coefficient (Wildman–Crippen LogP) is 9.46. The molecule has 1 N–H and O–H groups in total. The summed E-state index contributed by atoms with van der Waals surface area (Å²) in [6, 6.07) is 21.3. The lowest BCUT2D eigenvalue weighted by Gasteiger charge is -2.23. The molecule has 0 aliphatic carbocycles. The fourth-order valence-electron chi connectivity index (χ4n) is 4.24. The van der Waals surface area contributed by atoms with E-state index in [-0.39, 0.29) is 5.82 Å². The lowest BCUT2D eigenvalue weighted by molar-refractivity contribution is -0.107. The van der Waals surface area contributed by atoms with E-state index in [1.807, 2.05) is 37.1 Å². The summed E-state index contributed by atoms with van der Waals surface area (Å²) in [6.07, 6.45) is 13.6. The maximum atomic E-state index is 13.4. The minimum absolute atomic E-state index is 0.220. The molecule has 0 aliphatic rings. The molecule has 6 heteroatoms. The van der Waals surface area contributed by atoms with Gasteiger partial charge in [0, 0.05) is 25.9 Å². The summed E-state index contributed by atoms with van der Waals surface area (Å²) in [6.45, 7) is 15.2. The predicted molar refractivity (Wildman–Crippen MR) is 187 cm³/mol. The first-order valence-electron chi connectivity index (χ1n) is 15.4. The Labute approximate surface area is 270 Å². The number of aliphatic hydroxyl groups is 1. The molecular formula is C39H51FN2O3. The molecule has 3 aromatic rings. The highest BCUT2D eigenvalue weighted by molar-refractivity contribution is 5.48. The number of aliphatic hydroxyl groups excluding tert-OH is 1. The topological polar surface area (TPSA) is 62.1 Å². The Kier molecular flexibility index (Phi) is 19.9. The van der Waals surface area contributed by atoms with E-state index in [9.17, 15) is 9.18 Å². The van der Waals surface area contributed by atoms with Crippen LogP contribution >= 0.6 is 0 Å². The van der Waals surface area contributed by atoms with Gasteiger partial charge < -0.3 is 14.6 Å². The average Bonchev–Trinajstić information content (AvgIpc) is 3.08. The van der Waals surface area contributed by atoms with Crippen LogP contribution in [0, 0.1) is 19.7 Å². The molecule has 0 amide bonds. The normalized spacial score (nSPS) is 11.2. The Bertz CT molecular complexity index is 1360. The van der Waals surface area contributed by atoms with Crippen molar-refractivity contribution >= 4 is 13.0 Å². The van der Waals surface area contributed by atoms with Crippen molar-refractivity contribution in [1.82, 2.24) is 5.01 Å². The first kappa shape index (κ1) is 38.7. The summed E-state index contributed by atoms with van der Waals surface area (Å²) in [7, 11) is 1.00. The van der Waals surface area contributed by atoms with E-state index in [1.54, 1.807) is 0 Å². The number of aryl methyl sites for hydroxylation is 2. The Morgan fingerprint density at radius 1 is 0.933 bits per heavy atom. The third-order valence-corrected chi connectivity index (χ3v) is 7.12. The Hall–Kier alpha value is -4.29. The van der Waals surface area contributed by atoms with Gasteiger partial charge >= 0.3 is 0 Å². The zero-order valence-electron chi connectivity index (χ0n) is 27.9. The van der Waals surface area contributed by atoms with Gasteiger partial charge in [-0.05, 0) is 105 Å². The molecule has 0 aromatic heterocycles. The van der Waals surface area contributed by atoms with Gasteiger partial charge in [0.1, 0.15) is 24.5 Å². The van der Waals surface area contributed by atoms with Gasteiger partial charge in [-0.1, -0.05) is 79.3 Å². The van der Waals surface area contributed by atoms with E-state index < -0.39 is 0 Å². The van der Waals surface area contributed by atoms with Gasteiger partial charge in [-0.25, -0.2) is 4.39 Å². The molecule has 45 heavy (non-hydrogen) atoms. The first-order chi connectivity index (χ1) is 21.8. The minimum atomic E-state index is -0.220. The number of ether oxygens (including phenoxy) is 1. The largest absolute Gasteiger partial charge is 0.489 e. The fourth-order valence-corrected chi connectivity index (χ4v) is 4.24. The standard InChI is InChI=1S/C35H41FN2O.C3H6O.CH4O/c1-6-8-9-29(7-2)17-21-34(22-18-30-15-19-33(36)20-16-30)38(37-5)25-31-11-13-32(14-12-31)26-39-35-23-10-27(3)28(4)24-35;1-2-3-4;1-2/h6-8,10-16,19-20,22-24H,5,9,17-18,21,25-26H2,1-4H3;3H,2H2,1H3;2H,1H3/b8-6-,29-7+,34-22-;;. The number of halogens is 1. The van der Waals surface area contributed by atoms with Gasteiger partial charge in [-0.15, -0.1) is 0 Å². The van der Waals surface area contributed by atoms with Crippen LogP contribution < -0.4 is 4.74 Å². The fraction of sp³-hybridized carbons (Fsp3) is 0.333. The highest BCUT2D eigenvalue weighted by Gasteiger charge is 2.11. The molecule has 3 aromatic carbocycles. The van der Waals surface area contributed by atoms with Crippen molar-refractivity contribution in [2.75, 3.05) is 7.11 Å². The van der Waals surface area contributed by atoms with Crippen LogP contribution in [0.15, 0.2) is 107 Å². The summed E-state index contributed by atoms with van der Waals surface area (Å²) in [5, 5.41) is 13.4. The second-order valence-corrected chi connectivity index (χ2v) is 10.4. The zero-order valence-corrected chi connectivity index (χ0v) is 27.9. The molecule has 0 atom stereocenters. The zero-order chi connectivity index (χ0) is 33.5. The summed E-state index contributed by atoms with van der Waals surface area (Å²) in [5.41, 5.74) is 8.30. The molecule has 3 rings (SSSR count). The number of carbonyl (C=O) groups is 1.